The number of hydrogen-bond donors (Lipinski definition) is 2. The Hall–Kier alpha value is -1.85. The molecule has 156 valence electrons. The summed E-state index contributed by atoms with van der Waals surface area (Å²) < 4.78 is 5.66. The molecule has 0 aromatic heterocycles. The maximum atomic E-state index is 5.66. The maximum absolute atomic E-state index is 5.66. The molecule has 2 rings (SSSR count). The summed E-state index contributed by atoms with van der Waals surface area (Å²) >= 11 is 0. The molecule has 1 aromatic carbocycles. The van der Waals surface area contributed by atoms with Crippen molar-refractivity contribution in [2.75, 3.05) is 39.9 Å². The Morgan fingerprint density at radius 1 is 1.32 bits per heavy atom. The van der Waals surface area contributed by atoms with Crippen LogP contribution in [0.5, 0.6) is 0 Å². The predicted molar refractivity (Wildman–Crippen MR) is 119 cm³/mol. The average molecular weight is 387 g/mol. The van der Waals surface area contributed by atoms with Crippen molar-refractivity contribution < 1.29 is 4.74 Å². The maximum Gasteiger partial charge on any atom is 0.193 e. The molecule has 1 aliphatic rings. The van der Waals surface area contributed by atoms with Crippen LogP contribution in [0.25, 0.3) is 0 Å². The highest BCUT2D eigenvalue weighted by atomic mass is 16.5. The van der Waals surface area contributed by atoms with Gasteiger partial charge in [0.05, 0.1) is 6.54 Å². The van der Waals surface area contributed by atoms with Crippen molar-refractivity contribution >= 4 is 5.96 Å². The van der Waals surface area contributed by atoms with Crippen molar-refractivity contribution in [3.63, 3.8) is 0 Å². The summed E-state index contributed by atoms with van der Waals surface area (Å²) in [6.07, 6.45) is 6.05. The molecule has 1 aliphatic heterocycles. The first-order chi connectivity index (χ1) is 13.6. The Morgan fingerprint density at radius 2 is 2.04 bits per heavy atom. The van der Waals surface area contributed by atoms with Gasteiger partial charge in [-0.1, -0.05) is 36.4 Å². The summed E-state index contributed by atoms with van der Waals surface area (Å²) in [4.78, 5) is 7.25. The summed E-state index contributed by atoms with van der Waals surface area (Å²) in [5.74, 6) is 0.978. The topological polar surface area (TPSA) is 48.9 Å². The van der Waals surface area contributed by atoms with Gasteiger partial charge in [-0.2, -0.15) is 0 Å². The van der Waals surface area contributed by atoms with Gasteiger partial charge in [-0.3, -0.25) is 4.99 Å². The molecule has 0 aliphatic carbocycles. The lowest BCUT2D eigenvalue weighted by Crippen LogP contribution is -2.53. The van der Waals surface area contributed by atoms with Crippen LogP contribution in [-0.4, -0.2) is 56.3 Å². The predicted octanol–water partition coefficient (Wildman–Crippen LogP) is 3.75. The average Bonchev–Trinajstić information content (AvgIpc) is 2.72. The van der Waals surface area contributed by atoms with Crippen molar-refractivity contribution in [1.82, 2.24) is 15.5 Å². The molecular formula is C23H38N4O. The number of hydrogen-bond acceptors (Lipinski definition) is 3. The van der Waals surface area contributed by atoms with Crippen LogP contribution in [0.15, 0.2) is 48.0 Å². The fourth-order valence-corrected chi connectivity index (χ4v) is 3.67. The fourth-order valence-electron chi connectivity index (χ4n) is 3.67. The number of nitrogens with one attached hydrogen (secondary N) is 2. The van der Waals surface area contributed by atoms with E-state index in [-0.39, 0.29) is 11.6 Å². The van der Waals surface area contributed by atoms with E-state index >= 15 is 0 Å². The molecule has 5 heteroatoms. The number of ether oxygens (including phenoxy) is 1. The molecule has 2 N–H and O–H groups in total. The zero-order chi connectivity index (χ0) is 20.2. The molecule has 1 heterocycles. The molecule has 0 bridgehead atoms. The SMILES string of the molecule is C=CCCCN(C)C(=NCC1(NC(C)c2ccccc2)CCOCC1)NCC. The number of unbranched alkanes of at least 4 members (excludes halogenated alkanes) is 1. The second kappa shape index (κ2) is 11.9. The highest BCUT2D eigenvalue weighted by molar-refractivity contribution is 5.79. The summed E-state index contributed by atoms with van der Waals surface area (Å²) in [6, 6.07) is 10.9. The van der Waals surface area contributed by atoms with Crippen molar-refractivity contribution in [3.05, 3.63) is 48.6 Å². The number of allylic oxidation sites excluding steroid dienone is 1. The smallest absolute Gasteiger partial charge is 0.193 e. The van der Waals surface area contributed by atoms with Crippen LogP contribution >= 0.6 is 0 Å². The van der Waals surface area contributed by atoms with E-state index in [0.29, 0.717) is 0 Å². The standard InChI is InChI=1S/C23H38N4O/c1-5-7-11-16-27(4)22(24-6-2)25-19-23(14-17-28-18-15-23)26-20(3)21-12-9-8-10-13-21/h5,8-10,12-13,20,26H,1,6-7,11,14-19H2,2-4H3,(H,24,25). The van der Waals surface area contributed by atoms with E-state index in [4.69, 9.17) is 9.73 Å². The fraction of sp³-hybridized carbons (Fsp3) is 0.609. The third-order valence-corrected chi connectivity index (χ3v) is 5.40. The molecule has 0 amide bonds. The number of guanidine groups is 1. The van der Waals surface area contributed by atoms with Crippen molar-refractivity contribution in [1.29, 1.82) is 0 Å². The minimum atomic E-state index is -0.0316. The Labute approximate surface area is 171 Å². The van der Waals surface area contributed by atoms with Gasteiger partial charge in [-0.15, -0.1) is 6.58 Å². The third-order valence-electron chi connectivity index (χ3n) is 5.40. The lowest BCUT2D eigenvalue weighted by molar-refractivity contribution is 0.0374. The van der Waals surface area contributed by atoms with Gasteiger partial charge in [-0.05, 0) is 45.1 Å². The van der Waals surface area contributed by atoms with E-state index in [1.54, 1.807) is 0 Å². The summed E-state index contributed by atoms with van der Waals surface area (Å²) in [5.41, 5.74) is 1.28. The first-order valence-corrected chi connectivity index (χ1v) is 10.6. The number of aliphatic imine (C=N–C) groups is 1. The monoisotopic (exact) mass is 386 g/mol. The molecule has 1 fully saturated rings. The molecule has 1 unspecified atom stereocenters. The minimum Gasteiger partial charge on any atom is -0.381 e. The highest BCUT2D eigenvalue weighted by Gasteiger charge is 2.34. The van der Waals surface area contributed by atoms with Gasteiger partial charge in [0.15, 0.2) is 5.96 Å². The summed E-state index contributed by atoms with van der Waals surface area (Å²) in [7, 11) is 2.11. The van der Waals surface area contributed by atoms with E-state index in [2.05, 4.69) is 73.3 Å². The Balaban J connectivity index is 2.09. The van der Waals surface area contributed by atoms with Gasteiger partial charge in [0.25, 0.3) is 0 Å². The number of benzene rings is 1. The zero-order valence-corrected chi connectivity index (χ0v) is 17.9. The van der Waals surface area contributed by atoms with E-state index in [9.17, 15) is 0 Å². The van der Waals surface area contributed by atoms with E-state index in [1.165, 1.54) is 5.56 Å². The van der Waals surface area contributed by atoms with Crippen LogP contribution in [0.2, 0.25) is 0 Å². The van der Waals surface area contributed by atoms with Gasteiger partial charge in [-0.25, -0.2) is 0 Å². The van der Waals surface area contributed by atoms with Gasteiger partial charge < -0.3 is 20.3 Å². The molecule has 1 aromatic rings. The van der Waals surface area contributed by atoms with Crippen molar-refractivity contribution in [3.8, 4) is 0 Å². The lowest BCUT2D eigenvalue weighted by Gasteiger charge is -2.40. The zero-order valence-electron chi connectivity index (χ0n) is 17.9. The molecule has 1 saturated heterocycles. The normalized spacial score (nSPS) is 17.8. The van der Waals surface area contributed by atoms with Crippen molar-refractivity contribution in [2.24, 2.45) is 4.99 Å². The molecule has 1 atom stereocenters. The highest BCUT2D eigenvalue weighted by Crippen LogP contribution is 2.26. The van der Waals surface area contributed by atoms with E-state index < -0.39 is 0 Å². The Bertz CT molecular complexity index is 596. The van der Waals surface area contributed by atoms with Gasteiger partial charge >= 0.3 is 0 Å². The lowest BCUT2D eigenvalue weighted by atomic mass is 9.88. The van der Waals surface area contributed by atoms with Crippen LogP contribution in [-0.2, 0) is 4.74 Å². The van der Waals surface area contributed by atoms with Crippen LogP contribution in [0.3, 0.4) is 0 Å². The minimum absolute atomic E-state index is 0.0316. The third kappa shape index (κ3) is 6.95. The molecule has 0 radical (unpaired) electrons. The number of rotatable bonds is 10. The van der Waals surface area contributed by atoms with Crippen LogP contribution in [0.1, 0.15) is 51.1 Å². The second-order valence-electron chi connectivity index (χ2n) is 7.69. The Morgan fingerprint density at radius 3 is 2.68 bits per heavy atom. The summed E-state index contributed by atoms with van der Waals surface area (Å²) in [6.45, 7) is 12.3. The van der Waals surface area contributed by atoms with Gasteiger partial charge in [0, 0.05) is 44.9 Å². The van der Waals surface area contributed by atoms with Crippen molar-refractivity contribution in [2.45, 2.75) is 51.1 Å². The van der Waals surface area contributed by atoms with Crippen LogP contribution in [0, 0.1) is 0 Å². The molecule has 5 nitrogen and oxygen atoms in total. The Kier molecular flexibility index (Phi) is 9.51. The molecule has 0 spiro atoms. The molecular weight excluding hydrogens is 348 g/mol. The summed E-state index contributed by atoms with van der Waals surface area (Å²) in [5, 5.41) is 7.33. The van der Waals surface area contributed by atoms with Gasteiger partial charge in [0.2, 0.25) is 0 Å². The van der Waals surface area contributed by atoms with Crippen LogP contribution < -0.4 is 10.6 Å². The molecule has 0 saturated carbocycles. The van der Waals surface area contributed by atoms with Crippen LogP contribution in [0.4, 0.5) is 0 Å². The molecule has 28 heavy (non-hydrogen) atoms. The first kappa shape index (κ1) is 22.4. The second-order valence-corrected chi connectivity index (χ2v) is 7.69. The van der Waals surface area contributed by atoms with E-state index in [1.807, 2.05) is 6.08 Å². The van der Waals surface area contributed by atoms with Gasteiger partial charge in [0.1, 0.15) is 0 Å². The van der Waals surface area contributed by atoms with E-state index in [0.717, 1.165) is 64.5 Å². The quantitative estimate of drug-likeness (QED) is 0.278. The largest absolute Gasteiger partial charge is 0.381 e. The number of nitrogens with zero attached hydrogens (tertiary/aromatic N) is 2. The first-order valence-electron chi connectivity index (χ1n) is 10.6.